The average molecular weight is 450 g/mol. The van der Waals surface area contributed by atoms with E-state index in [1.807, 2.05) is 28.8 Å². The molecule has 9 nitrogen and oxygen atoms in total. The van der Waals surface area contributed by atoms with E-state index in [2.05, 4.69) is 51.3 Å². The number of nitrogens with one attached hydrogen (secondary N) is 2. The third-order valence-corrected chi connectivity index (χ3v) is 5.17. The predicted molar refractivity (Wildman–Crippen MR) is 130 cm³/mol. The van der Waals surface area contributed by atoms with Crippen molar-refractivity contribution in [2.45, 2.75) is 32.7 Å². The lowest BCUT2D eigenvalue weighted by molar-refractivity contribution is -0.111. The van der Waals surface area contributed by atoms with E-state index in [0.29, 0.717) is 17.3 Å². The summed E-state index contributed by atoms with van der Waals surface area (Å²) in [6.07, 6.45) is 9.44. The normalized spacial score (nSPS) is 15.2. The van der Waals surface area contributed by atoms with Gasteiger partial charge in [0.25, 0.3) is 0 Å². The Morgan fingerprint density at radius 3 is 2.82 bits per heavy atom. The lowest BCUT2D eigenvalue weighted by Crippen LogP contribution is -2.36. The van der Waals surface area contributed by atoms with Crippen LogP contribution >= 0.6 is 0 Å². The molecule has 0 radical (unpaired) electrons. The summed E-state index contributed by atoms with van der Waals surface area (Å²) in [6, 6.07) is 5.63. The number of imidazole rings is 1. The van der Waals surface area contributed by atoms with Crippen LogP contribution < -0.4 is 10.6 Å². The van der Waals surface area contributed by atoms with Crippen molar-refractivity contribution in [1.82, 2.24) is 24.4 Å². The van der Waals surface area contributed by atoms with Crippen LogP contribution in [-0.2, 0) is 9.53 Å². The maximum absolute atomic E-state index is 12.4. The van der Waals surface area contributed by atoms with Crippen molar-refractivity contribution in [3.63, 3.8) is 0 Å². The second-order valence-corrected chi connectivity index (χ2v) is 9.09. The van der Waals surface area contributed by atoms with Crippen LogP contribution in [0.5, 0.6) is 0 Å². The zero-order valence-electron chi connectivity index (χ0n) is 19.4. The fourth-order valence-electron chi connectivity index (χ4n) is 3.64. The fraction of sp³-hybridized carbons (Fsp3) is 0.417. The Kier molecular flexibility index (Phi) is 7.00. The van der Waals surface area contributed by atoms with Gasteiger partial charge in [0.2, 0.25) is 5.91 Å². The third-order valence-electron chi connectivity index (χ3n) is 5.17. The number of benzene rings is 1. The zero-order chi connectivity index (χ0) is 23.3. The molecule has 33 heavy (non-hydrogen) atoms. The Morgan fingerprint density at radius 2 is 2.03 bits per heavy atom. The number of hydrogen-bond donors (Lipinski definition) is 2. The van der Waals surface area contributed by atoms with Gasteiger partial charge >= 0.3 is 0 Å². The smallest absolute Gasteiger partial charge is 0.248 e. The third kappa shape index (κ3) is 6.36. The number of rotatable bonds is 7. The molecule has 3 aromatic rings. The first-order chi connectivity index (χ1) is 15.9. The molecule has 0 spiro atoms. The second-order valence-electron chi connectivity index (χ2n) is 9.09. The van der Waals surface area contributed by atoms with Gasteiger partial charge < -0.3 is 15.4 Å². The highest BCUT2D eigenvalue weighted by Gasteiger charge is 2.13. The molecule has 174 valence electrons. The summed E-state index contributed by atoms with van der Waals surface area (Å²) in [5, 5.41) is 6.27. The van der Waals surface area contributed by atoms with Crippen LogP contribution in [0.3, 0.4) is 0 Å². The molecular weight excluding hydrogens is 418 g/mol. The zero-order valence-corrected chi connectivity index (χ0v) is 19.4. The number of aromatic nitrogens is 4. The molecule has 0 unspecified atom stereocenters. The summed E-state index contributed by atoms with van der Waals surface area (Å²) in [6.45, 7) is 10.6. The van der Waals surface area contributed by atoms with Gasteiger partial charge in [0.15, 0.2) is 5.82 Å². The molecule has 1 amide bonds. The minimum Gasteiger partial charge on any atom is -0.379 e. The minimum absolute atomic E-state index is 0.128. The van der Waals surface area contributed by atoms with Gasteiger partial charge in [-0.05, 0) is 51.5 Å². The number of amides is 1. The van der Waals surface area contributed by atoms with Crippen molar-refractivity contribution in [3.8, 4) is 5.82 Å². The molecule has 1 aromatic carbocycles. The summed E-state index contributed by atoms with van der Waals surface area (Å²) < 4.78 is 7.22. The maximum atomic E-state index is 12.4. The molecule has 4 rings (SSSR count). The van der Waals surface area contributed by atoms with Crippen molar-refractivity contribution in [1.29, 1.82) is 0 Å². The van der Waals surface area contributed by atoms with E-state index in [9.17, 15) is 4.79 Å². The monoisotopic (exact) mass is 449 g/mol. The molecule has 0 aliphatic carbocycles. The Bertz CT molecular complexity index is 1130. The number of hydrogen-bond acceptors (Lipinski definition) is 7. The highest BCUT2D eigenvalue weighted by molar-refractivity contribution is 6.00. The first-order valence-electron chi connectivity index (χ1n) is 11.2. The minimum atomic E-state index is -0.154. The van der Waals surface area contributed by atoms with E-state index in [1.54, 1.807) is 24.8 Å². The number of carbonyl (C=O) groups excluding carboxylic acids is 1. The predicted octanol–water partition coefficient (Wildman–Crippen LogP) is 3.24. The molecule has 2 aromatic heterocycles. The molecule has 1 fully saturated rings. The van der Waals surface area contributed by atoms with Gasteiger partial charge in [0, 0.05) is 30.9 Å². The van der Waals surface area contributed by atoms with Gasteiger partial charge in [-0.3, -0.25) is 19.2 Å². The van der Waals surface area contributed by atoms with Crippen molar-refractivity contribution >= 4 is 28.4 Å². The number of carbonyl (C=O) groups is 1. The lowest BCUT2D eigenvalue weighted by atomic mass is 10.1. The average Bonchev–Trinajstić information content (AvgIpc) is 3.20. The van der Waals surface area contributed by atoms with E-state index in [1.165, 1.54) is 0 Å². The van der Waals surface area contributed by atoms with Gasteiger partial charge in [-0.1, -0.05) is 6.08 Å². The van der Waals surface area contributed by atoms with Crippen LogP contribution in [0, 0.1) is 0 Å². The number of ether oxygens (including phenoxy) is 1. The number of fused-ring (bicyclic) bond motifs is 1. The molecule has 2 N–H and O–H groups in total. The number of anilines is 2. The number of morpholine rings is 1. The van der Waals surface area contributed by atoms with Gasteiger partial charge in [0.05, 0.1) is 36.6 Å². The molecule has 1 aliphatic rings. The second kappa shape index (κ2) is 10.1. The largest absolute Gasteiger partial charge is 0.379 e. The van der Waals surface area contributed by atoms with Crippen LogP contribution in [0.15, 0.2) is 49.1 Å². The Labute approximate surface area is 193 Å². The van der Waals surface area contributed by atoms with Crippen molar-refractivity contribution in [2.75, 3.05) is 43.5 Å². The molecule has 3 heterocycles. The standard InChI is InChI=1S/C24H31N7O2/c1-24(2,3)29-21-15-25-16-22(28-21)31-17-26-19-8-7-18(14-20(19)31)27-23(32)6-4-5-9-30-10-12-33-13-11-30/h4,6-8,14-17H,5,9-13H2,1-3H3,(H,27,32)(H,28,29)/b6-4+. The summed E-state index contributed by atoms with van der Waals surface area (Å²) in [5.74, 6) is 1.19. The van der Waals surface area contributed by atoms with Crippen molar-refractivity contribution < 1.29 is 9.53 Å². The van der Waals surface area contributed by atoms with E-state index in [0.717, 1.165) is 50.3 Å². The van der Waals surface area contributed by atoms with Crippen LogP contribution in [0.25, 0.3) is 16.9 Å². The quantitative estimate of drug-likeness (QED) is 0.535. The van der Waals surface area contributed by atoms with Crippen LogP contribution in [0.2, 0.25) is 0 Å². The van der Waals surface area contributed by atoms with Gasteiger partial charge in [-0.2, -0.15) is 0 Å². The van der Waals surface area contributed by atoms with Crippen LogP contribution in [0.4, 0.5) is 11.5 Å². The van der Waals surface area contributed by atoms with Gasteiger partial charge in [-0.25, -0.2) is 9.97 Å². The molecule has 1 saturated heterocycles. The molecule has 1 aliphatic heterocycles. The van der Waals surface area contributed by atoms with Gasteiger partial charge in [-0.15, -0.1) is 0 Å². The lowest BCUT2D eigenvalue weighted by Gasteiger charge is -2.25. The Hall–Kier alpha value is -3.30. The van der Waals surface area contributed by atoms with E-state index >= 15 is 0 Å². The van der Waals surface area contributed by atoms with E-state index in [4.69, 9.17) is 4.74 Å². The molecular formula is C24H31N7O2. The van der Waals surface area contributed by atoms with Crippen LogP contribution in [0.1, 0.15) is 27.2 Å². The first kappa shape index (κ1) is 22.9. The fourth-order valence-corrected chi connectivity index (χ4v) is 3.64. The highest BCUT2D eigenvalue weighted by atomic mass is 16.5. The molecule has 0 bridgehead atoms. The Balaban J connectivity index is 1.43. The molecule has 0 atom stereocenters. The maximum Gasteiger partial charge on any atom is 0.248 e. The summed E-state index contributed by atoms with van der Waals surface area (Å²) in [7, 11) is 0. The van der Waals surface area contributed by atoms with E-state index < -0.39 is 0 Å². The molecule has 0 saturated carbocycles. The Morgan fingerprint density at radius 1 is 1.21 bits per heavy atom. The first-order valence-corrected chi connectivity index (χ1v) is 11.2. The van der Waals surface area contributed by atoms with Gasteiger partial charge in [0.1, 0.15) is 12.1 Å². The van der Waals surface area contributed by atoms with Crippen molar-refractivity contribution in [2.24, 2.45) is 0 Å². The van der Waals surface area contributed by atoms with Crippen molar-refractivity contribution in [3.05, 3.63) is 49.1 Å². The highest BCUT2D eigenvalue weighted by Crippen LogP contribution is 2.22. The van der Waals surface area contributed by atoms with Crippen LogP contribution in [-0.4, -0.2) is 68.7 Å². The SMILES string of the molecule is CC(C)(C)Nc1cncc(-n2cnc3ccc(NC(=O)/C=C/CCN4CCOCC4)cc32)n1. The topological polar surface area (TPSA) is 97.2 Å². The summed E-state index contributed by atoms with van der Waals surface area (Å²) in [5.41, 5.74) is 2.22. The summed E-state index contributed by atoms with van der Waals surface area (Å²) >= 11 is 0. The van der Waals surface area contributed by atoms with E-state index in [-0.39, 0.29) is 11.4 Å². The summed E-state index contributed by atoms with van der Waals surface area (Å²) in [4.78, 5) is 28.2. The molecule has 9 heteroatoms. The number of nitrogens with zero attached hydrogens (tertiary/aromatic N) is 5.